The third-order valence-corrected chi connectivity index (χ3v) is 6.31. The Morgan fingerprint density at radius 3 is 2.93 bits per heavy atom. The lowest BCUT2D eigenvalue weighted by Crippen LogP contribution is -2.31. The maximum atomic E-state index is 4.38. The summed E-state index contributed by atoms with van der Waals surface area (Å²) in [5.74, 6) is 1.07. The van der Waals surface area contributed by atoms with Gasteiger partial charge in [0.05, 0.1) is 11.4 Å². The molecule has 28 heavy (non-hydrogen) atoms. The summed E-state index contributed by atoms with van der Waals surface area (Å²) in [6.07, 6.45) is 21.6. The standard InChI is InChI=1S/C23H31N4S/c1-23(11-10-20-6-5-7-21(9-8-20)25(2)3)12-15-27(16-13-23)18-19-28-22-24-14-17-26(22)4/h5-6,8-11,14-15,17H,12-13,16,18-19H2,1-4H3/q+1/b11-10+. The van der Waals surface area contributed by atoms with Crippen LogP contribution in [0.25, 0.3) is 0 Å². The smallest absolute Gasteiger partial charge is 0.167 e. The number of thioether (sulfide) groups is 1. The minimum Gasteiger partial charge on any atom is -0.371 e. The molecule has 1 aromatic heterocycles. The summed E-state index contributed by atoms with van der Waals surface area (Å²) in [4.78, 5) is 6.45. The normalized spacial score (nSPS) is 22.1. The van der Waals surface area contributed by atoms with E-state index in [0.29, 0.717) is 0 Å². The summed E-state index contributed by atoms with van der Waals surface area (Å²) in [6, 6.07) is 0. The SMILES string of the molecule is CN(C)C1=C=CC=C(/C=C/C2(C)CC=[N+](CCSc3nccn3C)CC2)C=C1. The number of aryl methyl sites for hydroxylation is 1. The molecule has 5 heteroatoms. The fourth-order valence-corrected chi connectivity index (χ4v) is 4.13. The fourth-order valence-electron chi connectivity index (χ4n) is 3.22. The summed E-state index contributed by atoms with van der Waals surface area (Å²) in [5, 5.41) is 1.09. The highest BCUT2D eigenvalue weighted by Gasteiger charge is 2.28. The van der Waals surface area contributed by atoms with E-state index < -0.39 is 0 Å². The molecule has 0 saturated heterocycles. The molecule has 4 nitrogen and oxygen atoms in total. The lowest BCUT2D eigenvalue weighted by molar-refractivity contribution is -0.526. The molecule has 148 valence electrons. The van der Waals surface area contributed by atoms with Gasteiger partial charge in [0.15, 0.2) is 11.7 Å². The van der Waals surface area contributed by atoms with Gasteiger partial charge in [0, 0.05) is 51.8 Å². The molecule has 0 aromatic carbocycles. The molecule has 0 N–H and O–H groups in total. The van der Waals surface area contributed by atoms with Gasteiger partial charge in [-0.2, -0.15) is 0 Å². The second-order valence-electron chi connectivity index (χ2n) is 7.92. The highest BCUT2D eigenvalue weighted by atomic mass is 32.2. The van der Waals surface area contributed by atoms with Crippen molar-refractivity contribution < 1.29 is 4.58 Å². The predicted octanol–water partition coefficient (Wildman–Crippen LogP) is 4.05. The van der Waals surface area contributed by atoms with Gasteiger partial charge in [-0.15, -0.1) is 0 Å². The topological polar surface area (TPSA) is 24.1 Å². The van der Waals surface area contributed by atoms with Gasteiger partial charge in [-0.1, -0.05) is 42.6 Å². The molecule has 1 unspecified atom stereocenters. The van der Waals surface area contributed by atoms with Crippen molar-refractivity contribution in [1.29, 1.82) is 0 Å². The van der Waals surface area contributed by atoms with E-state index in [2.05, 4.69) is 68.3 Å². The Kier molecular flexibility index (Phi) is 6.82. The molecule has 0 fully saturated rings. The Labute approximate surface area is 173 Å². The van der Waals surface area contributed by atoms with Gasteiger partial charge in [-0.25, -0.2) is 9.56 Å². The average molecular weight is 396 g/mol. The van der Waals surface area contributed by atoms with Crippen LogP contribution in [-0.4, -0.2) is 58.2 Å². The van der Waals surface area contributed by atoms with Gasteiger partial charge in [-0.05, 0) is 23.8 Å². The van der Waals surface area contributed by atoms with Crippen molar-refractivity contribution in [2.75, 3.05) is 32.9 Å². The summed E-state index contributed by atoms with van der Waals surface area (Å²) in [6.45, 7) is 4.55. The van der Waals surface area contributed by atoms with E-state index in [0.717, 1.165) is 36.1 Å². The van der Waals surface area contributed by atoms with E-state index in [9.17, 15) is 0 Å². The van der Waals surface area contributed by atoms with Gasteiger partial charge < -0.3 is 9.47 Å². The second-order valence-corrected chi connectivity index (χ2v) is 8.98. The quantitative estimate of drug-likeness (QED) is 0.395. The molecular formula is C23H31N4S+. The zero-order valence-electron chi connectivity index (χ0n) is 17.4. The number of nitrogens with zero attached hydrogens (tertiary/aromatic N) is 4. The monoisotopic (exact) mass is 395 g/mol. The molecule has 2 aliphatic rings. The first-order valence-corrected chi connectivity index (χ1v) is 10.8. The molecule has 0 bridgehead atoms. The summed E-state index contributed by atoms with van der Waals surface area (Å²) in [5.41, 5.74) is 5.84. The minimum absolute atomic E-state index is 0.228. The second kappa shape index (κ2) is 9.31. The first-order chi connectivity index (χ1) is 13.5. The lowest BCUT2D eigenvalue weighted by Gasteiger charge is -2.26. The number of allylic oxidation sites excluding steroid dienone is 6. The van der Waals surface area contributed by atoms with Crippen molar-refractivity contribution in [1.82, 2.24) is 14.5 Å². The summed E-state index contributed by atoms with van der Waals surface area (Å²) in [7, 11) is 6.13. The van der Waals surface area contributed by atoms with Crippen LogP contribution in [0.4, 0.5) is 0 Å². The van der Waals surface area contributed by atoms with E-state index in [1.807, 2.05) is 51.4 Å². The molecule has 3 rings (SSSR count). The Morgan fingerprint density at radius 2 is 2.25 bits per heavy atom. The summed E-state index contributed by atoms with van der Waals surface area (Å²) >= 11 is 1.83. The van der Waals surface area contributed by atoms with Crippen LogP contribution in [0.2, 0.25) is 0 Å². The Bertz CT molecular complexity index is 878. The van der Waals surface area contributed by atoms with Crippen molar-refractivity contribution in [3.05, 3.63) is 65.9 Å². The molecule has 0 radical (unpaired) electrons. The van der Waals surface area contributed by atoms with Gasteiger partial charge in [0.1, 0.15) is 12.8 Å². The highest BCUT2D eigenvalue weighted by molar-refractivity contribution is 7.99. The van der Waals surface area contributed by atoms with Crippen molar-refractivity contribution in [2.24, 2.45) is 12.5 Å². The number of rotatable bonds is 7. The van der Waals surface area contributed by atoms with Crippen molar-refractivity contribution >= 4 is 18.0 Å². The van der Waals surface area contributed by atoms with Gasteiger partial charge >= 0.3 is 0 Å². The number of hydrogen-bond donors (Lipinski definition) is 0. The number of imidazole rings is 1. The fraction of sp³-hybridized carbons (Fsp3) is 0.435. The van der Waals surface area contributed by atoms with Gasteiger partial charge in [-0.3, -0.25) is 0 Å². The van der Waals surface area contributed by atoms with Crippen molar-refractivity contribution in [2.45, 2.75) is 24.9 Å². The van der Waals surface area contributed by atoms with Crippen molar-refractivity contribution in [3.8, 4) is 0 Å². The Hall–Kier alpha value is -2.23. The average Bonchev–Trinajstić information content (AvgIpc) is 2.93. The van der Waals surface area contributed by atoms with Crippen LogP contribution in [0, 0.1) is 5.41 Å². The van der Waals surface area contributed by atoms with Crippen LogP contribution in [0.5, 0.6) is 0 Å². The van der Waals surface area contributed by atoms with Crippen LogP contribution in [0.1, 0.15) is 19.8 Å². The number of hydrogen-bond acceptors (Lipinski definition) is 3. The van der Waals surface area contributed by atoms with E-state index >= 15 is 0 Å². The molecule has 1 aromatic rings. The predicted molar refractivity (Wildman–Crippen MR) is 119 cm³/mol. The minimum atomic E-state index is 0.228. The third-order valence-electron chi connectivity index (χ3n) is 5.27. The maximum Gasteiger partial charge on any atom is 0.167 e. The number of likely N-dealkylation sites (N-methyl/N-ethyl adjacent to an activating group) is 1. The Balaban J connectivity index is 1.51. The summed E-state index contributed by atoms with van der Waals surface area (Å²) < 4.78 is 4.54. The molecule has 1 aliphatic carbocycles. The van der Waals surface area contributed by atoms with Crippen LogP contribution < -0.4 is 0 Å². The van der Waals surface area contributed by atoms with Crippen LogP contribution in [-0.2, 0) is 7.05 Å². The molecule has 2 heterocycles. The van der Waals surface area contributed by atoms with Crippen LogP contribution >= 0.6 is 11.8 Å². The van der Waals surface area contributed by atoms with Crippen LogP contribution in [0.3, 0.4) is 0 Å². The first kappa shape index (κ1) is 20.5. The van der Waals surface area contributed by atoms with Crippen LogP contribution in [0.15, 0.2) is 71.0 Å². The first-order valence-electron chi connectivity index (χ1n) is 9.84. The zero-order valence-corrected chi connectivity index (χ0v) is 18.2. The molecule has 1 atom stereocenters. The van der Waals surface area contributed by atoms with Gasteiger partial charge in [0.2, 0.25) is 0 Å². The van der Waals surface area contributed by atoms with E-state index in [-0.39, 0.29) is 5.41 Å². The highest BCUT2D eigenvalue weighted by Crippen LogP contribution is 2.30. The molecule has 1 aliphatic heterocycles. The molecule has 0 saturated carbocycles. The van der Waals surface area contributed by atoms with E-state index in [4.69, 9.17) is 0 Å². The lowest BCUT2D eigenvalue weighted by atomic mass is 9.81. The Morgan fingerprint density at radius 1 is 1.39 bits per heavy atom. The van der Waals surface area contributed by atoms with Gasteiger partial charge in [0.25, 0.3) is 0 Å². The number of aromatic nitrogens is 2. The molecular weight excluding hydrogens is 364 g/mol. The third kappa shape index (κ3) is 5.63. The zero-order chi connectivity index (χ0) is 20.0. The van der Waals surface area contributed by atoms with E-state index in [1.165, 1.54) is 12.0 Å². The molecule has 0 spiro atoms. The van der Waals surface area contributed by atoms with E-state index in [1.54, 1.807) is 0 Å². The van der Waals surface area contributed by atoms with Crippen molar-refractivity contribution in [3.63, 3.8) is 0 Å². The largest absolute Gasteiger partial charge is 0.371 e. The maximum absolute atomic E-state index is 4.38. The molecule has 0 amide bonds.